The first-order valence-electron chi connectivity index (χ1n) is 7.99. The summed E-state index contributed by atoms with van der Waals surface area (Å²) in [7, 11) is 0. The maximum Gasteiger partial charge on any atom is 0.147 e. The lowest BCUT2D eigenvalue weighted by atomic mass is 10.1. The standard InChI is InChI=1S/C15H28N4/c1-2-3-4-5-6-7-8-9-14-17-18-15(12-16)19(14)13-10-11-13/h13H,2-12,16H2,1H3. The van der Waals surface area contributed by atoms with Crippen LogP contribution in [-0.2, 0) is 13.0 Å². The molecule has 1 fully saturated rings. The normalized spacial score (nSPS) is 15.1. The van der Waals surface area contributed by atoms with Crippen molar-refractivity contribution in [3.05, 3.63) is 11.6 Å². The molecule has 1 aliphatic rings. The zero-order valence-electron chi connectivity index (χ0n) is 12.3. The molecule has 0 amide bonds. The Kier molecular flexibility index (Phi) is 5.83. The second kappa shape index (κ2) is 7.63. The van der Waals surface area contributed by atoms with Crippen molar-refractivity contribution >= 4 is 0 Å². The predicted molar refractivity (Wildman–Crippen MR) is 77.9 cm³/mol. The molecule has 4 heteroatoms. The first-order valence-corrected chi connectivity index (χ1v) is 7.99. The minimum absolute atomic E-state index is 0.514. The van der Waals surface area contributed by atoms with Crippen LogP contribution in [0.3, 0.4) is 0 Å². The van der Waals surface area contributed by atoms with Crippen LogP contribution < -0.4 is 5.73 Å². The van der Waals surface area contributed by atoms with Gasteiger partial charge in [-0.2, -0.15) is 0 Å². The Morgan fingerprint density at radius 1 is 1.00 bits per heavy atom. The second-order valence-corrected chi connectivity index (χ2v) is 5.71. The van der Waals surface area contributed by atoms with E-state index in [1.54, 1.807) is 0 Å². The molecule has 1 aromatic rings. The zero-order valence-corrected chi connectivity index (χ0v) is 12.3. The molecular weight excluding hydrogens is 236 g/mol. The molecule has 0 spiro atoms. The topological polar surface area (TPSA) is 56.7 Å². The van der Waals surface area contributed by atoms with Gasteiger partial charge in [-0.1, -0.05) is 45.4 Å². The van der Waals surface area contributed by atoms with E-state index >= 15 is 0 Å². The fourth-order valence-corrected chi connectivity index (χ4v) is 2.66. The van der Waals surface area contributed by atoms with Gasteiger partial charge < -0.3 is 10.3 Å². The molecule has 1 aliphatic carbocycles. The Morgan fingerprint density at radius 3 is 2.26 bits per heavy atom. The first-order chi connectivity index (χ1) is 9.36. The van der Waals surface area contributed by atoms with Crippen LogP contribution in [0, 0.1) is 0 Å². The maximum atomic E-state index is 5.73. The van der Waals surface area contributed by atoms with E-state index in [0.717, 1.165) is 18.1 Å². The van der Waals surface area contributed by atoms with E-state index in [9.17, 15) is 0 Å². The molecular formula is C15H28N4. The highest BCUT2D eigenvalue weighted by atomic mass is 15.3. The van der Waals surface area contributed by atoms with E-state index in [0.29, 0.717) is 12.6 Å². The smallest absolute Gasteiger partial charge is 0.147 e. The number of aromatic nitrogens is 3. The molecule has 0 unspecified atom stereocenters. The van der Waals surface area contributed by atoms with E-state index in [2.05, 4.69) is 21.7 Å². The summed E-state index contributed by atoms with van der Waals surface area (Å²) in [6.45, 7) is 2.78. The molecule has 1 aromatic heterocycles. The van der Waals surface area contributed by atoms with Crippen LogP contribution in [0.25, 0.3) is 0 Å². The van der Waals surface area contributed by atoms with Crippen molar-refractivity contribution in [2.75, 3.05) is 0 Å². The third kappa shape index (κ3) is 4.30. The van der Waals surface area contributed by atoms with E-state index in [1.807, 2.05) is 0 Å². The van der Waals surface area contributed by atoms with Crippen molar-refractivity contribution in [3.8, 4) is 0 Å². The first kappa shape index (κ1) is 14.5. The summed E-state index contributed by atoms with van der Waals surface area (Å²) in [6.07, 6.45) is 13.0. The maximum absolute atomic E-state index is 5.73. The molecule has 4 nitrogen and oxygen atoms in total. The fourth-order valence-electron chi connectivity index (χ4n) is 2.66. The predicted octanol–water partition coefficient (Wildman–Crippen LogP) is 3.36. The van der Waals surface area contributed by atoms with Crippen molar-refractivity contribution < 1.29 is 0 Å². The van der Waals surface area contributed by atoms with Crippen molar-refractivity contribution in [2.24, 2.45) is 5.73 Å². The van der Waals surface area contributed by atoms with E-state index in [1.165, 1.54) is 57.8 Å². The fraction of sp³-hybridized carbons (Fsp3) is 0.867. The Morgan fingerprint density at radius 2 is 1.63 bits per heavy atom. The number of unbranched alkanes of at least 4 members (excludes halogenated alkanes) is 6. The van der Waals surface area contributed by atoms with Crippen LogP contribution in [-0.4, -0.2) is 14.8 Å². The van der Waals surface area contributed by atoms with Gasteiger partial charge in [0.05, 0.1) is 6.54 Å². The monoisotopic (exact) mass is 264 g/mol. The average molecular weight is 264 g/mol. The molecule has 1 heterocycles. The number of aryl methyl sites for hydroxylation is 1. The van der Waals surface area contributed by atoms with Gasteiger partial charge in [-0.05, 0) is 19.3 Å². The molecule has 0 aromatic carbocycles. The summed E-state index contributed by atoms with van der Waals surface area (Å²) >= 11 is 0. The van der Waals surface area contributed by atoms with Crippen LogP contribution in [0.1, 0.15) is 82.4 Å². The summed E-state index contributed by atoms with van der Waals surface area (Å²) < 4.78 is 2.30. The van der Waals surface area contributed by atoms with Gasteiger partial charge in [0.1, 0.15) is 11.6 Å². The van der Waals surface area contributed by atoms with Crippen LogP contribution in [0.2, 0.25) is 0 Å². The van der Waals surface area contributed by atoms with Crippen molar-refractivity contribution in [2.45, 2.75) is 83.7 Å². The zero-order chi connectivity index (χ0) is 13.5. The Balaban J connectivity index is 1.69. The number of rotatable bonds is 10. The highest BCUT2D eigenvalue weighted by molar-refractivity contribution is 5.02. The Labute approximate surface area is 116 Å². The molecule has 1 saturated carbocycles. The summed E-state index contributed by atoms with van der Waals surface area (Å²) in [5.74, 6) is 2.14. The van der Waals surface area contributed by atoms with Gasteiger partial charge in [0.25, 0.3) is 0 Å². The van der Waals surface area contributed by atoms with Gasteiger partial charge in [-0.3, -0.25) is 0 Å². The molecule has 2 N–H and O–H groups in total. The lowest BCUT2D eigenvalue weighted by molar-refractivity contribution is 0.569. The van der Waals surface area contributed by atoms with E-state index in [4.69, 9.17) is 5.73 Å². The molecule has 2 rings (SSSR count). The average Bonchev–Trinajstić information content (AvgIpc) is 3.18. The molecule has 0 radical (unpaired) electrons. The summed E-state index contributed by atoms with van der Waals surface area (Å²) in [5.41, 5.74) is 5.73. The summed E-state index contributed by atoms with van der Waals surface area (Å²) in [6, 6.07) is 0.646. The van der Waals surface area contributed by atoms with Crippen molar-refractivity contribution in [1.82, 2.24) is 14.8 Å². The van der Waals surface area contributed by atoms with Crippen molar-refractivity contribution in [3.63, 3.8) is 0 Å². The SMILES string of the molecule is CCCCCCCCCc1nnc(CN)n1C1CC1. The van der Waals surface area contributed by atoms with Crippen LogP contribution in [0.5, 0.6) is 0 Å². The molecule has 19 heavy (non-hydrogen) atoms. The second-order valence-electron chi connectivity index (χ2n) is 5.71. The van der Waals surface area contributed by atoms with Gasteiger partial charge in [0.15, 0.2) is 0 Å². The lowest BCUT2D eigenvalue weighted by Gasteiger charge is -2.07. The van der Waals surface area contributed by atoms with Crippen molar-refractivity contribution in [1.29, 1.82) is 0 Å². The largest absolute Gasteiger partial charge is 0.324 e. The number of hydrogen-bond donors (Lipinski definition) is 1. The van der Waals surface area contributed by atoms with E-state index < -0.39 is 0 Å². The molecule has 108 valence electrons. The van der Waals surface area contributed by atoms with Gasteiger partial charge in [0, 0.05) is 12.5 Å². The van der Waals surface area contributed by atoms with Crippen LogP contribution >= 0.6 is 0 Å². The quantitative estimate of drug-likeness (QED) is 0.659. The van der Waals surface area contributed by atoms with Gasteiger partial charge >= 0.3 is 0 Å². The molecule has 0 atom stereocenters. The van der Waals surface area contributed by atoms with Crippen LogP contribution in [0.4, 0.5) is 0 Å². The van der Waals surface area contributed by atoms with Gasteiger partial charge in [-0.15, -0.1) is 10.2 Å². The Hall–Kier alpha value is -0.900. The molecule has 0 bridgehead atoms. The number of nitrogens with two attached hydrogens (primary N) is 1. The third-order valence-electron chi connectivity index (χ3n) is 3.94. The van der Waals surface area contributed by atoms with Gasteiger partial charge in [0.2, 0.25) is 0 Å². The number of hydrogen-bond acceptors (Lipinski definition) is 3. The Bertz CT molecular complexity index is 368. The summed E-state index contributed by atoms with van der Waals surface area (Å²) in [4.78, 5) is 0. The highest BCUT2D eigenvalue weighted by Gasteiger charge is 2.28. The molecule has 0 saturated heterocycles. The van der Waals surface area contributed by atoms with E-state index in [-0.39, 0.29) is 0 Å². The minimum Gasteiger partial charge on any atom is -0.324 e. The minimum atomic E-state index is 0.514. The van der Waals surface area contributed by atoms with Gasteiger partial charge in [-0.25, -0.2) is 0 Å². The van der Waals surface area contributed by atoms with Crippen LogP contribution in [0.15, 0.2) is 0 Å². The number of nitrogens with zero attached hydrogens (tertiary/aromatic N) is 3. The highest BCUT2D eigenvalue weighted by Crippen LogP contribution is 2.36. The third-order valence-corrected chi connectivity index (χ3v) is 3.94. The molecule has 0 aliphatic heterocycles. The lowest BCUT2D eigenvalue weighted by Crippen LogP contribution is -2.09. The summed E-state index contributed by atoms with van der Waals surface area (Å²) in [5, 5.41) is 8.55.